The van der Waals surface area contributed by atoms with E-state index in [0.29, 0.717) is 42.0 Å². The Morgan fingerprint density at radius 1 is 0.896 bits per heavy atom. The second-order valence-electron chi connectivity index (χ2n) is 11.0. The van der Waals surface area contributed by atoms with E-state index in [1.165, 1.54) is 34.4 Å². The number of thiazole rings is 1. The molecule has 11 nitrogen and oxygen atoms in total. The molecule has 1 aromatic heterocycles. The molecule has 0 saturated carbocycles. The van der Waals surface area contributed by atoms with Gasteiger partial charge in [0.2, 0.25) is 0 Å². The van der Waals surface area contributed by atoms with E-state index in [0.717, 1.165) is 27.8 Å². The SMILES string of the molecule is Cc1ccc(N2C(=O)/C(=C/c3ccc(Sc4nc5ccc(N6C(=O)c7ccccc7C6=O)cc5s4)c([N+](=O)[O-])c3)C(=O)NC2=S)c(C)c1. The molecule has 236 valence electrons. The standard InChI is InChI=1S/C34H21N5O6S3/c1-17-7-11-25(18(2)13-17)38-32(43)23(29(40)36-33(38)46)14-19-8-12-27(26(15-19)39(44)45)47-34-35-24-10-9-20(16-28(24)48-34)37-30(41)21-5-3-4-6-22(21)31(37)42/h3-16H,1-2H3,(H,36,40,46)/b23-14+. The molecule has 1 saturated heterocycles. The Morgan fingerprint density at radius 2 is 1.62 bits per heavy atom. The highest BCUT2D eigenvalue weighted by atomic mass is 32.2. The van der Waals surface area contributed by atoms with E-state index in [9.17, 15) is 29.3 Å². The number of carbonyl (C=O) groups is 4. The number of rotatable bonds is 6. The first-order valence-electron chi connectivity index (χ1n) is 14.3. The van der Waals surface area contributed by atoms with Crippen LogP contribution in [0, 0.1) is 24.0 Å². The minimum absolute atomic E-state index is 0.0569. The highest BCUT2D eigenvalue weighted by Gasteiger charge is 2.37. The van der Waals surface area contributed by atoms with Crippen LogP contribution in [0.5, 0.6) is 0 Å². The number of imide groups is 1. The van der Waals surface area contributed by atoms with Crippen molar-refractivity contribution in [3.05, 3.63) is 122 Å². The summed E-state index contributed by atoms with van der Waals surface area (Å²) in [6.45, 7) is 3.75. The van der Waals surface area contributed by atoms with Gasteiger partial charge in [0.15, 0.2) is 9.45 Å². The van der Waals surface area contributed by atoms with Crippen molar-refractivity contribution in [2.45, 2.75) is 23.1 Å². The van der Waals surface area contributed by atoms with Gasteiger partial charge in [0.05, 0.1) is 42.5 Å². The molecule has 2 aliphatic rings. The van der Waals surface area contributed by atoms with Gasteiger partial charge in [-0.3, -0.25) is 39.5 Å². The predicted molar refractivity (Wildman–Crippen MR) is 187 cm³/mol. The number of fused-ring (bicyclic) bond motifs is 2. The molecule has 0 aliphatic carbocycles. The van der Waals surface area contributed by atoms with Crippen LogP contribution >= 0.6 is 35.3 Å². The summed E-state index contributed by atoms with van der Waals surface area (Å²) in [6.07, 6.45) is 1.30. The van der Waals surface area contributed by atoms with E-state index in [1.54, 1.807) is 54.6 Å². The van der Waals surface area contributed by atoms with Crippen molar-refractivity contribution in [3.63, 3.8) is 0 Å². The Bertz CT molecular complexity index is 2300. The summed E-state index contributed by atoms with van der Waals surface area (Å²) < 4.78 is 1.18. The summed E-state index contributed by atoms with van der Waals surface area (Å²) in [4.78, 5) is 71.2. The lowest BCUT2D eigenvalue weighted by Gasteiger charge is -2.30. The van der Waals surface area contributed by atoms with Crippen LogP contribution in [0.2, 0.25) is 0 Å². The van der Waals surface area contributed by atoms with E-state index in [4.69, 9.17) is 12.2 Å². The number of anilines is 2. The molecule has 1 fully saturated rings. The number of aromatic nitrogens is 1. The molecule has 3 heterocycles. The van der Waals surface area contributed by atoms with Crippen LogP contribution in [-0.4, -0.2) is 38.6 Å². The van der Waals surface area contributed by atoms with Gasteiger partial charge in [0.1, 0.15) is 5.57 Å². The third-order valence-corrected chi connectivity index (χ3v) is 10.2. The van der Waals surface area contributed by atoms with Crippen molar-refractivity contribution in [2.75, 3.05) is 9.80 Å². The number of nitrogens with zero attached hydrogens (tertiary/aromatic N) is 4. The Hall–Kier alpha value is -5.57. The number of thiocarbonyl (C=S) groups is 1. The quantitative estimate of drug-likeness (QED) is 0.0520. The minimum Gasteiger partial charge on any atom is -0.298 e. The van der Waals surface area contributed by atoms with Crippen LogP contribution < -0.4 is 15.1 Å². The third-order valence-electron chi connectivity index (χ3n) is 7.79. The van der Waals surface area contributed by atoms with Gasteiger partial charge in [-0.1, -0.05) is 47.7 Å². The second-order valence-corrected chi connectivity index (χ2v) is 13.7. The van der Waals surface area contributed by atoms with Gasteiger partial charge in [0, 0.05) is 6.07 Å². The average molecular weight is 692 g/mol. The van der Waals surface area contributed by atoms with Crippen molar-refractivity contribution in [3.8, 4) is 0 Å². The fourth-order valence-corrected chi connectivity index (χ4v) is 7.96. The molecule has 48 heavy (non-hydrogen) atoms. The Labute approximate surface area is 286 Å². The van der Waals surface area contributed by atoms with Crippen LogP contribution in [0.25, 0.3) is 16.3 Å². The molecule has 4 aromatic carbocycles. The molecule has 2 aliphatic heterocycles. The molecule has 0 bridgehead atoms. The first-order valence-corrected chi connectivity index (χ1v) is 16.4. The number of aryl methyl sites for hydroxylation is 2. The molecule has 0 spiro atoms. The van der Waals surface area contributed by atoms with Gasteiger partial charge in [-0.05, 0) is 85.7 Å². The summed E-state index contributed by atoms with van der Waals surface area (Å²) in [6, 6.07) is 21.5. The normalized spacial score (nSPS) is 15.5. The molecule has 0 atom stereocenters. The number of nitro groups is 1. The lowest BCUT2D eigenvalue weighted by molar-refractivity contribution is -0.387. The molecule has 0 radical (unpaired) electrons. The van der Waals surface area contributed by atoms with Crippen LogP contribution in [0.3, 0.4) is 0 Å². The summed E-state index contributed by atoms with van der Waals surface area (Å²) in [7, 11) is 0. The lowest BCUT2D eigenvalue weighted by atomic mass is 10.0. The fourth-order valence-electron chi connectivity index (χ4n) is 5.55. The average Bonchev–Trinajstić information content (AvgIpc) is 3.57. The summed E-state index contributed by atoms with van der Waals surface area (Å²) in [5.41, 5.74) is 3.77. The zero-order valence-corrected chi connectivity index (χ0v) is 27.5. The van der Waals surface area contributed by atoms with E-state index in [-0.39, 0.29) is 21.9 Å². The Balaban J connectivity index is 1.17. The molecule has 4 amide bonds. The van der Waals surface area contributed by atoms with Crippen LogP contribution in [0.15, 0.2) is 93.7 Å². The van der Waals surface area contributed by atoms with Gasteiger partial charge in [-0.25, -0.2) is 9.88 Å². The molecule has 0 unspecified atom stereocenters. The maximum atomic E-state index is 13.5. The Kier molecular flexibility index (Phi) is 7.70. The smallest absolute Gasteiger partial charge is 0.283 e. The Morgan fingerprint density at radius 3 is 2.31 bits per heavy atom. The fraction of sp³-hybridized carbons (Fsp3) is 0.0588. The maximum absolute atomic E-state index is 13.5. The van der Waals surface area contributed by atoms with E-state index < -0.39 is 28.6 Å². The number of benzene rings is 4. The number of nitro benzene ring substituents is 1. The maximum Gasteiger partial charge on any atom is 0.283 e. The van der Waals surface area contributed by atoms with Crippen molar-refractivity contribution < 1.29 is 24.1 Å². The van der Waals surface area contributed by atoms with Crippen molar-refractivity contribution in [1.29, 1.82) is 0 Å². The monoisotopic (exact) mass is 691 g/mol. The van der Waals surface area contributed by atoms with Crippen LogP contribution in [0.1, 0.15) is 37.4 Å². The first kappa shape index (κ1) is 31.1. The van der Waals surface area contributed by atoms with Gasteiger partial charge in [-0.15, -0.1) is 11.3 Å². The van der Waals surface area contributed by atoms with E-state index >= 15 is 0 Å². The van der Waals surface area contributed by atoms with Gasteiger partial charge < -0.3 is 0 Å². The van der Waals surface area contributed by atoms with Crippen molar-refractivity contribution in [2.24, 2.45) is 0 Å². The molecular weight excluding hydrogens is 671 g/mol. The van der Waals surface area contributed by atoms with E-state index in [1.807, 2.05) is 26.0 Å². The van der Waals surface area contributed by atoms with Gasteiger partial charge in [-0.2, -0.15) is 0 Å². The zero-order chi connectivity index (χ0) is 33.9. The number of amides is 4. The van der Waals surface area contributed by atoms with Crippen molar-refractivity contribution in [1.82, 2.24) is 10.3 Å². The number of hydrogen-bond donors (Lipinski definition) is 1. The third kappa shape index (κ3) is 5.35. The molecule has 14 heteroatoms. The molecule has 1 N–H and O–H groups in total. The van der Waals surface area contributed by atoms with Crippen molar-refractivity contribution >= 4 is 97.4 Å². The summed E-state index contributed by atoms with van der Waals surface area (Å²) in [5.74, 6) is -2.17. The lowest BCUT2D eigenvalue weighted by Crippen LogP contribution is -2.54. The van der Waals surface area contributed by atoms with Crippen LogP contribution in [-0.2, 0) is 9.59 Å². The number of carbonyl (C=O) groups excluding carboxylic acids is 4. The van der Waals surface area contributed by atoms with Gasteiger partial charge >= 0.3 is 0 Å². The highest BCUT2D eigenvalue weighted by Crippen LogP contribution is 2.41. The minimum atomic E-state index is -0.706. The van der Waals surface area contributed by atoms with Gasteiger partial charge in [0.25, 0.3) is 29.3 Å². The van der Waals surface area contributed by atoms with Crippen LogP contribution in [0.4, 0.5) is 17.1 Å². The first-order chi connectivity index (χ1) is 23.0. The topological polar surface area (TPSA) is 143 Å². The van der Waals surface area contributed by atoms with E-state index in [2.05, 4.69) is 10.3 Å². The highest BCUT2D eigenvalue weighted by molar-refractivity contribution is 8.01. The second kappa shape index (κ2) is 11.9. The number of hydrogen-bond acceptors (Lipinski definition) is 10. The summed E-state index contributed by atoms with van der Waals surface area (Å²) >= 11 is 7.65. The predicted octanol–water partition coefficient (Wildman–Crippen LogP) is 6.60. The molecular formula is C34H21N5O6S3. The molecule has 5 aromatic rings. The number of nitrogens with one attached hydrogen (secondary N) is 1. The largest absolute Gasteiger partial charge is 0.298 e. The zero-order valence-electron chi connectivity index (χ0n) is 25.0. The summed E-state index contributed by atoms with van der Waals surface area (Å²) in [5, 5.41) is 14.6. The molecule has 7 rings (SSSR count).